The highest BCUT2D eigenvalue weighted by Gasteiger charge is 2.30. The van der Waals surface area contributed by atoms with E-state index in [0.29, 0.717) is 5.56 Å². The molecule has 0 saturated carbocycles. The van der Waals surface area contributed by atoms with Gasteiger partial charge in [0.1, 0.15) is 0 Å². The molecule has 0 N–H and O–H groups in total. The molecule has 0 amide bonds. The molecule has 0 atom stereocenters. The second kappa shape index (κ2) is 5.54. The Kier molecular flexibility index (Phi) is 5.02. The number of halogens is 6. The number of benzene rings is 1. The summed E-state index contributed by atoms with van der Waals surface area (Å²) in [7, 11) is 0. The van der Waals surface area contributed by atoms with Gasteiger partial charge in [-0.3, -0.25) is 0 Å². The maximum Gasteiger partial charge on any atom is 0.240 e. The second-order valence-electron chi connectivity index (χ2n) is 2.93. The molecule has 0 bridgehead atoms. The van der Waals surface area contributed by atoms with Crippen molar-refractivity contribution in [2.24, 2.45) is 4.99 Å². The first kappa shape index (κ1) is 15.4. The minimum absolute atomic E-state index is 0.134. The van der Waals surface area contributed by atoms with Crippen molar-refractivity contribution in [1.29, 1.82) is 0 Å². The lowest BCUT2D eigenvalue weighted by Crippen LogP contribution is -2.06. The van der Waals surface area contributed by atoms with E-state index < -0.39 is 7.59 Å². The molecule has 8 heteroatoms. The molecule has 17 heavy (non-hydrogen) atoms. The number of alkyl halides is 6. The lowest BCUT2D eigenvalue weighted by Gasteiger charge is -2.17. The number of nitrogens with zero attached hydrogens (tertiary/aromatic N) is 1. The summed E-state index contributed by atoms with van der Waals surface area (Å²) >= 11 is 34.3. The highest BCUT2D eigenvalue weighted by molar-refractivity contribution is 6.67. The van der Waals surface area contributed by atoms with Gasteiger partial charge in [0.25, 0.3) is 0 Å². The molecule has 0 aliphatic carbocycles. The fraction of sp³-hybridized carbons (Fsp3) is 0.222. The Morgan fingerprint density at radius 3 is 2.00 bits per heavy atom. The summed E-state index contributed by atoms with van der Waals surface area (Å²) in [6.07, 6.45) is 1.35. The summed E-state index contributed by atoms with van der Waals surface area (Å²) in [6.45, 7) is 0. The van der Waals surface area contributed by atoms with E-state index in [0.717, 1.165) is 0 Å². The van der Waals surface area contributed by atoms with Crippen molar-refractivity contribution in [2.75, 3.05) is 0 Å². The molecule has 92 valence electrons. The Bertz CT molecular complexity index is 469. The van der Waals surface area contributed by atoms with Gasteiger partial charge < -0.3 is 0 Å². The lowest BCUT2D eigenvalue weighted by atomic mass is 10.1. The zero-order valence-corrected chi connectivity index (χ0v) is 12.4. The van der Waals surface area contributed by atoms with Crippen LogP contribution in [0.1, 0.15) is 11.1 Å². The topological polar surface area (TPSA) is 29.4 Å². The molecule has 1 rings (SSSR count). The number of hydrogen-bond donors (Lipinski definition) is 0. The zero-order chi connectivity index (χ0) is 13.3. The van der Waals surface area contributed by atoms with Crippen molar-refractivity contribution < 1.29 is 4.79 Å². The van der Waals surface area contributed by atoms with E-state index in [1.54, 1.807) is 0 Å². The van der Waals surface area contributed by atoms with E-state index in [2.05, 4.69) is 4.99 Å². The Labute approximate surface area is 127 Å². The van der Waals surface area contributed by atoms with E-state index in [1.807, 2.05) is 0 Å². The van der Waals surface area contributed by atoms with Crippen molar-refractivity contribution in [1.82, 2.24) is 0 Å². The fourth-order valence-corrected chi connectivity index (χ4v) is 1.89. The molecular weight excluding hydrogens is 351 g/mol. The van der Waals surface area contributed by atoms with Gasteiger partial charge in [-0.2, -0.15) is 4.99 Å². The van der Waals surface area contributed by atoms with Crippen molar-refractivity contribution in [3.05, 3.63) is 29.3 Å². The standard InChI is InChI=1S/C9H3Cl6NO/c10-8(11,12)5-1-2-7(16-4-17)6(3-5)9(13,14)15/h1-3H. The Hall–Kier alpha value is 0.340. The summed E-state index contributed by atoms with van der Waals surface area (Å²) in [6, 6.07) is 4.22. The van der Waals surface area contributed by atoms with Gasteiger partial charge in [0, 0.05) is 11.1 Å². The second-order valence-corrected chi connectivity index (χ2v) is 7.49. The van der Waals surface area contributed by atoms with E-state index >= 15 is 0 Å². The Morgan fingerprint density at radius 2 is 1.59 bits per heavy atom. The third kappa shape index (κ3) is 4.18. The highest BCUT2D eigenvalue weighted by atomic mass is 35.6. The molecular formula is C9H3Cl6NO. The van der Waals surface area contributed by atoms with Crippen LogP contribution in [-0.2, 0) is 12.4 Å². The molecule has 2 nitrogen and oxygen atoms in total. The molecule has 0 aliphatic heterocycles. The van der Waals surface area contributed by atoms with Gasteiger partial charge >= 0.3 is 0 Å². The van der Waals surface area contributed by atoms with E-state index in [-0.39, 0.29) is 11.3 Å². The van der Waals surface area contributed by atoms with Crippen LogP contribution < -0.4 is 0 Å². The van der Waals surface area contributed by atoms with Crippen molar-refractivity contribution in [3.63, 3.8) is 0 Å². The summed E-state index contributed by atoms with van der Waals surface area (Å²) in [5.74, 6) is 0. The van der Waals surface area contributed by atoms with Gasteiger partial charge in [0.15, 0.2) is 0 Å². The van der Waals surface area contributed by atoms with E-state index in [1.165, 1.54) is 24.3 Å². The van der Waals surface area contributed by atoms with Crippen LogP contribution in [0.3, 0.4) is 0 Å². The molecule has 0 fully saturated rings. The zero-order valence-electron chi connectivity index (χ0n) is 7.86. The van der Waals surface area contributed by atoms with Gasteiger partial charge in [0.05, 0.1) is 5.69 Å². The minimum Gasteiger partial charge on any atom is -0.211 e. The third-order valence-electron chi connectivity index (χ3n) is 1.80. The maximum atomic E-state index is 10.2. The van der Waals surface area contributed by atoms with Crippen LogP contribution in [0.5, 0.6) is 0 Å². The normalized spacial score (nSPS) is 12.1. The largest absolute Gasteiger partial charge is 0.240 e. The van der Waals surface area contributed by atoms with Crippen LogP contribution in [0.15, 0.2) is 23.2 Å². The molecule has 0 spiro atoms. The molecule has 0 heterocycles. The molecule has 0 unspecified atom stereocenters. The number of aliphatic imine (C=N–C) groups is 1. The van der Waals surface area contributed by atoms with Gasteiger partial charge in [-0.15, -0.1) is 0 Å². The molecule has 0 saturated heterocycles. The Morgan fingerprint density at radius 1 is 1.00 bits per heavy atom. The molecule has 0 radical (unpaired) electrons. The highest BCUT2D eigenvalue weighted by Crippen LogP contribution is 2.46. The number of hydrogen-bond acceptors (Lipinski definition) is 2. The quantitative estimate of drug-likeness (QED) is 0.382. The van der Waals surface area contributed by atoms with Crippen LogP contribution in [0.2, 0.25) is 0 Å². The van der Waals surface area contributed by atoms with Crippen LogP contribution >= 0.6 is 69.6 Å². The first-order valence-corrected chi connectivity index (χ1v) is 6.29. The smallest absolute Gasteiger partial charge is 0.211 e. The summed E-state index contributed by atoms with van der Waals surface area (Å²) in [4.78, 5) is 13.6. The summed E-state index contributed by atoms with van der Waals surface area (Å²) in [5.41, 5.74) is 0.585. The van der Waals surface area contributed by atoms with Crippen LogP contribution in [0.4, 0.5) is 5.69 Å². The Balaban J connectivity index is 3.45. The predicted molar refractivity (Wildman–Crippen MR) is 72.7 cm³/mol. The van der Waals surface area contributed by atoms with Crippen LogP contribution in [0, 0.1) is 0 Å². The first-order valence-electron chi connectivity index (χ1n) is 4.02. The monoisotopic (exact) mass is 351 g/mol. The molecule has 0 aliphatic rings. The van der Waals surface area contributed by atoms with Gasteiger partial charge in [-0.25, -0.2) is 4.79 Å². The number of carbonyl (C=O) groups excluding carboxylic acids is 1. The fourth-order valence-electron chi connectivity index (χ4n) is 1.09. The summed E-state index contributed by atoms with van der Waals surface area (Å²) < 4.78 is -3.45. The van der Waals surface area contributed by atoms with Crippen molar-refractivity contribution >= 4 is 81.4 Å². The molecule has 0 aromatic heterocycles. The van der Waals surface area contributed by atoms with Crippen molar-refractivity contribution in [2.45, 2.75) is 7.59 Å². The average Bonchev–Trinajstić information content (AvgIpc) is 2.15. The van der Waals surface area contributed by atoms with E-state index in [4.69, 9.17) is 69.6 Å². The van der Waals surface area contributed by atoms with Gasteiger partial charge in [0.2, 0.25) is 13.7 Å². The SMILES string of the molecule is O=C=Nc1ccc(C(Cl)(Cl)Cl)cc1C(Cl)(Cl)Cl. The van der Waals surface area contributed by atoms with Gasteiger partial charge in [-0.1, -0.05) is 75.7 Å². The van der Waals surface area contributed by atoms with E-state index in [9.17, 15) is 4.79 Å². The first-order chi connectivity index (χ1) is 7.66. The van der Waals surface area contributed by atoms with Crippen LogP contribution in [-0.4, -0.2) is 6.08 Å². The lowest BCUT2D eigenvalue weighted by molar-refractivity contribution is 0.565. The molecule has 1 aromatic carbocycles. The number of isocyanates is 1. The average molecular weight is 354 g/mol. The number of rotatable bonds is 1. The minimum atomic E-state index is -1.79. The summed E-state index contributed by atoms with van der Waals surface area (Å²) in [5, 5.41) is 0. The van der Waals surface area contributed by atoms with Crippen molar-refractivity contribution in [3.8, 4) is 0 Å². The predicted octanol–water partition coefficient (Wildman–Crippen LogP) is 5.31. The van der Waals surface area contributed by atoms with Gasteiger partial charge in [-0.05, 0) is 12.1 Å². The van der Waals surface area contributed by atoms with Crippen LogP contribution in [0.25, 0.3) is 0 Å². The maximum absolute atomic E-state index is 10.2. The molecule has 1 aromatic rings. The third-order valence-corrected chi connectivity index (χ3v) is 3.06.